The normalized spacial score (nSPS) is 12.7. The van der Waals surface area contributed by atoms with E-state index < -0.39 is 5.97 Å². The molecule has 0 fully saturated rings. The van der Waals surface area contributed by atoms with Crippen molar-refractivity contribution in [3.8, 4) is 5.75 Å². The summed E-state index contributed by atoms with van der Waals surface area (Å²) in [7, 11) is 1.55. The second-order valence-corrected chi connectivity index (χ2v) is 7.94. The quantitative estimate of drug-likeness (QED) is 0.653. The highest BCUT2D eigenvalue weighted by molar-refractivity contribution is 7.17. The molecule has 8 nitrogen and oxygen atoms in total. The molecule has 0 atom stereocenters. The number of anilines is 1. The summed E-state index contributed by atoms with van der Waals surface area (Å²) in [6.07, 6.45) is 0.200. The van der Waals surface area contributed by atoms with E-state index in [0.29, 0.717) is 42.4 Å². The number of benzene rings is 1. The van der Waals surface area contributed by atoms with Crippen LogP contribution in [0.1, 0.15) is 40.2 Å². The second-order valence-electron chi connectivity index (χ2n) is 6.84. The molecule has 0 spiro atoms. The van der Waals surface area contributed by atoms with Crippen LogP contribution in [0.25, 0.3) is 0 Å². The van der Waals surface area contributed by atoms with Crippen molar-refractivity contribution in [1.29, 1.82) is 0 Å². The van der Waals surface area contributed by atoms with E-state index in [9.17, 15) is 14.4 Å². The summed E-state index contributed by atoms with van der Waals surface area (Å²) in [6.45, 7) is 4.78. The standard InChI is InChI=1S/C22H26N2O6S/c1-4-29-21(26)19-15-10-11-24(22(27)30-5-2)13-17(15)31-20(19)23-18(25)12-14-8-6-7-9-16(14)28-3/h6-9H,4-5,10-13H2,1-3H3,(H,23,25). The molecule has 166 valence electrons. The minimum Gasteiger partial charge on any atom is -0.496 e. The lowest BCUT2D eigenvalue weighted by Gasteiger charge is -2.26. The Kier molecular flexibility index (Phi) is 7.51. The number of hydrogen-bond donors (Lipinski definition) is 1. The number of carbonyl (C=O) groups excluding carboxylic acids is 3. The zero-order valence-electron chi connectivity index (χ0n) is 17.9. The van der Waals surface area contributed by atoms with Gasteiger partial charge in [-0.3, -0.25) is 4.79 Å². The summed E-state index contributed by atoms with van der Waals surface area (Å²) in [5.41, 5.74) is 1.94. The molecule has 0 unspecified atom stereocenters. The minimum atomic E-state index is -0.475. The lowest BCUT2D eigenvalue weighted by Crippen LogP contribution is -2.36. The Morgan fingerprint density at radius 1 is 1.13 bits per heavy atom. The number of nitrogens with zero attached hydrogens (tertiary/aromatic N) is 1. The minimum absolute atomic E-state index is 0.101. The molecule has 1 aliphatic heterocycles. The number of ether oxygens (including phenoxy) is 3. The maximum atomic E-state index is 12.8. The summed E-state index contributed by atoms with van der Waals surface area (Å²) < 4.78 is 15.6. The Bertz CT molecular complexity index is 971. The molecule has 0 bridgehead atoms. The number of hydrogen-bond acceptors (Lipinski definition) is 7. The maximum Gasteiger partial charge on any atom is 0.410 e. The molecule has 9 heteroatoms. The molecule has 1 aliphatic rings. The van der Waals surface area contributed by atoms with Gasteiger partial charge in [-0.1, -0.05) is 18.2 Å². The van der Waals surface area contributed by atoms with E-state index in [4.69, 9.17) is 14.2 Å². The zero-order valence-corrected chi connectivity index (χ0v) is 18.7. The molecule has 31 heavy (non-hydrogen) atoms. The van der Waals surface area contributed by atoms with Gasteiger partial charge in [0.25, 0.3) is 0 Å². The van der Waals surface area contributed by atoms with Crippen LogP contribution in [0.5, 0.6) is 5.75 Å². The molecule has 2 heterocycles. The fourth-order valence-corrected chi connectivity index (χ4v) is 4.74. The Labute approximate surface area is 185 Å². The Hall–Kier alpha value is -3.07. The first-order valence-electron chi connectivity index (χ1n) is 10.1. The number of rotatable bonds is 7. The number of methoxy groups -OCH3 is 1. The number of esters is 1. The molecule has 2 amide bonds. The summed E-state index contributed by atoms with van der Waals surface area (Å²) >= 11 is 1.29. The first-order chi connectivity index (χ1) is 15.0. The monoisotopic (exact) mass is 446 g/mol. The van der Waals surface area contributed by atoms with Gasteiger partial charge in [0, 0.05) is 17.0 Å². The second kappa shape index (κ2) is 10.3. The molecule has 0 aliphatic carbocycles. The molecule has 0 saturated heterocycles. The van der Waals surface area contributed by atoms with Crippen molar-refractivity contribution in [3.05, 3.63) is 45.8 Å². The van der Waals surface area contributed by atoms with E-state index in [2.05, 4.69) is 5.32 Å². The average Bonchev–Trinajstić information content (AvgIpc) is 3.11. The van der Waals surface area contributed by atoms with Crippen molar-refractivity contribution >= 4 is 34.3 Å². The highest BCUT2D eigenvalue weighted by atomic mass is 32.1. The summed E-state index contributed by atoms with van der Waals surface area (Å²) in [4.78, 5) is 40.0. The SMILES string of the molecule is CCOC(=O)c1c(NC(=O)Cc2ccccc2OC)sc2c1CCN(C(=O)OCC)C2. The fraction of sp³-hybridized carbons (Fsp3) is 0.409. The Morgan fingerprint density at radius 3 is 2.58 bits per heavy atom. The lowest BCUT2D eigenvalue weighted by molar-refractivity contribution is -0.115. The van der Waals surface area contributed by atoms with Crippen LogP contribution < -0.4 is 10.1 Å². The van der Waals surface area contributed by atoms with Crippen LogP contribution >= 0.6 is 11.3 Å². The molecular weight excluding hydrogens is 420 g/mol. The van der Waals surface area contributed by atoms with E-state index in [-0.39, 0.29) is 25.0 Å². The summed E-state index contributed by atoms with van der Waals surface area (Å²) in [5, 5.41) is 3.30. The number of amides is 2. The van der Waals surface area contributed by atoms with Gasteiger partial charge in [0.2, 0.25) is 5.91 Å². The third-order valence-electron chi connectivity index (χ3n) is 4.86. The number of carbonyl (C=O) groups is 3. The van der Waals surface area contributed by atoms with Gasteiger partial charge in [-0.2, -0.15) is 0 Å². The van der Waals surface area contributed by atoms with Crippen molar-refractivity contribution in [2.75, 3.05) is 32.2 Å². The van der Waals surface area contributed by atoms with Gasteiger partial charge < -0.3 is 24.4 Å². The zero-order chi connectivity index (χ0) is 22.4. The number of para-hydroxylation sites is 1. The van der Waals surface area contributed by atoms with Crippen LogP contribution in [0.4, 0.5) is 9.80 Å². The van der Waals surface area contributed by atoms with E-state index in [1.54, 1.807) is 31.9 Å². The molecule has 1 N–H and O–H groups in total. The highest BCUT2D eigenvalue weighted by Crippen LogP contribution is 2.38. The first kappa shape index (κ1) is 22.6. The Morgan fingerprint density at radius 2 is 1.87 bits per heavy atom. The van der Waals surface area contributed by atoms with Crippen LogP contribution in [-0.4, -0.2) is 49.7 Å². The van der Waals surface area contributed by atoms with Crippen LogP contribution in [0.15, 0.2) is 24.3 Å². The number of thiophene rings is 1. The molecule has 0 saturated carbocycles. The smallest absolute Gasteiger partial charge is 0.410 e. The third kappa shape index (κ3) is 5.16. The highest BCUT2D eigenvalue weighted by Gasteiger charge is 2.31. The van der Waals surface area contributed by atoms with Gasteiger partial charge in [-0.25, -0.2) is 9.59 Å². The van der Waals surface area contributed by atoms with Gasteiger partial charge >= 0.3 is 12.1 Å². The van der Waals surface area contributed by atoms with Gasteiger partial charge in [-0.15, -0.1) is 11.3 Å². The van der Waals surface area contributed by atoms with Crippen molar-refractivity contribution in [2.24, 2.45) is 0 Å². The van der Waals surface area contributed by atoms with Crippen molar-refractivity contribution in [3.63, 3.8) is 0 Å². The predicted octanol–water partition coefficient (Wildman–Crippen LogP) is 3.63. The largest absolute Gasteiger partial charge is 0.496 e. The van der Waals surface area contributed by atoms with Crippen LogP contribution in [0.3, 0.4) is 0 Å². The lowest BCUT2D eigenvalue weighted by atomic mass is 10.0. The van der Waals surface area contributed by atoms with Crippen molar-refractivity contribution in [2.45, 2.75) is 33.2 Å². The molecule has 1 aromatic heterocycles. The third-order valence-corrected chi connectivity index (χ3v) is 5.99. The molecule has 0 radical (unpaired) electrons. The van der Waals surface area contributed by atoms with Crippen molar-refractivity contribution in [1.82, 2.24) is 4.90 Å². The molecule has 3 rings (SSSR count). The van der Waals surface area contributed by atoms with Crippen LogP contribution in [0, 0.1) is 0 Å². The molecule has 1 aromatic carbocycles. The van der Waals surface area contributed by atoms with Gasteiger partial charge in [0.05, 0.1) is 38.9 Å². The van der Waals surface area contributed by atoms with E-state index >= 15 is 0 Å². The summed E-state index contributed by atoms with van der Waals surface area (Å²) in [5.74, 6) is -0.119. The van der Waals surface area contributed by atoms with Crippen molar-refractivity contribution < 1.29 is 28.6 Å². The fourth-order valence-electron chi connectivity index (χ4n) is 3.47. The van der Waals surface area contributed by atoms with E-state index in [1.807, 2.05) is 18.2 Å². The van der Waals surface area contributed by atoms with Crippen LogP contribution in [-0.2, 0) is 33.7 Å². The Balaban J connectivity index is 1.85. The van der Waals surface area contributed by atoms with Gasteiger partial charge in [0.1, 0.15) is 10.8 Å². The maximum absolute atomic E-state index is 12.8. The average molecular weight is 447 g/mol. The van der Waals surface area contributed by atoms with Gasteiger partial charge in [0.15, 0.2) is 0 Å². The topological polar surface area (TPSA) is 94.2 Å². The number of nitrogens with one attached hydrogen (secondary N) is 1. The molecule has 2 aromatic rings. The van der Waals surface area contributed by atoms with Crippen LogP contribution in [0.2, 0.25) is 0 Å². The molecular formula is C22H26N2O6S. The predicted molar refractivity (Wildman–Crippen MR) is 117 cm³/mol. The van der Waals surface area contributed by atoms with E-state index in [0.717, 1.165) is 16.0 Å². The first-order valence-corrected chi connectivity index (χ1v) is 10.9. The summed E-state index contributed by atoms with van der Waals surface area (Å²) in [6, 6.07) is 7.28. The number of fused-ring (bicyclic) bond motifs is 1. The van der Waals surface area contributed by atoms with E-state index in [1.165, 1.54) is 11.3 Å². The van der Waals surface area contributed by atoms with Gasteiger partial charge in [-0.05, 0) is 31.9 Å².